The molecule has 1 heterocycles. The molecule has 7 heteroatoms. The minimum absolute atomic E-state index is 0.0563. The van der Waals surface area contributed by atoms with E-state index in [9.17, 15) is 9.59 Å². The van der Waals surface area contributed by atoms with Gasteiger partial charge in [-0.3, -0.25) is 4.79 Å². The molecule has 1 aromatic rings. The molecule has 0 fully saturated rings. The van der Waals surface area contributed by atoms with Gasteiger partial charge in [-0.15, -0.1) is 0 Å². The van der Waals surface area contributed by atoms with Crippen LogP contribution >= 0.6 is 12.2 Å². The molecule has 6 nitrogen and oxygen atoms in total. The molecular weight excluding hydrogens is 374 g/mol. The van der Waals surface area contributed by atoms with Crippen molar-refractivity contribution in [3.8, 4) is 0 Å². The minimum atomic E-state index is -0.476. The van der Waals surface area contributed by atoms with Gasteiger partial charge in [0, 0.05) is 23.3 Å². The van der Waals surface area contributed by atoms with Crippen molar-refractivity contribution in [1.82, 2.24) is 10.2 Å². The Labute approximate surface area is 172 Å². The first-order valence-corrected chi connectivity index (χ1v) is 9.85. The van der Waals surface area contributed by atoms with Crippen molar-refractivity contribution >= 4 is 34.9 Å². The number of methoxy groups -OCH3 is 1. The summed E-state index contributed by atoms with van der Waals surface area (Å²) in [6.45, 7) is 10.2. The van der Waals surface area contributed by atoms with Crippen molar-refractivity contribution in [3.63, 3.8) is 0 Å². The summed E-state index contributed by atoms with van der Waals surface area (Å²) < 4.78 is 5.05. The van der Waals surface area contributed by atoms with E-state index in [1.54, 1.807) is 0 Å². The fraction of sp³-hybridized carbons (Fsp3) is 0.476. The maximum atomic E-state index is 12.6. The van der Waals surface area contributed by atoms with Crippen LogP contribution in [-0.2, 0) is 14.3 Å². The number of hydrogen-bond donors (Lipinski definition) is 2. The quantitative estimate of drug-likeness (QED) is 0.576. The van der Waals surface area contributed by atoms with Crippen molar-refractivity contribution in [1.29, 1.82) is 0 Å². The lowest BCUT2D eigenvalue weighted by Gasteiger charge is -2.38. The van der Waals surface area contributed by atoms with E-state index in [0.717, 1.165) is 11.3 Å². The molecule has 1 aliphatic rings. The Morgan fingerprint density at radius 2 is 1.82 bits per heavy atom. The number of rotatable bonds is 5. The normalized spacial score (nSPS) is 17.3. The molecule has 1 aliphatic heterocycles. The van der Waals surface area contributed by atoms with Crippen LogP contribution in [0.3, 0.4) is 0 Å². The van der Waals surface area contributed by atoms with Crippen molar-refractivity contribution in [2.75, 3.05) is 19.0 Å². The van der Waals surface area contributed by atoms with E-state index in [-0.39, 0.29) is 11.9 Å². The molecule has 0 bridgehead atoms. The summed E-state index contributed by atoms with van der Waals surface area (Å²) in [6.07, 6.45) is 0.663. The van der Waals surface area contributed by atoms with E-state index in [0.29, 0.717) is 29.3 Å². The predicted octanol–water partition coefficient (Wildman–Crippen LogP) is 3.76. The fourth-order valence-corrected chi connectivity index (χ4v) is 3.45. The largest absolute Gasteiger partial charge is 0.466 e. The van der Waals surface area contributed by atoms with E-state index in [1.807, 2.05) is 63.8 Å². The van der Waals surface area contributed by atoms with Gasteiger partial charge in [-0.05, 0) is 43.3 Å². The first kappa shape index (κ1) is 21.9. The smallest absolute Gasteiger partial charge is 0.337 e. The Balaban J connectivity index is 2.40. The summed E-state index contributed by atoms with van der Waals surface area (Å²) in [5, 5.41) is 6.75. The first-order valence-electron chi connectivity index (χ1n) is 9.44. The van der Waals surface area contributed by atoms with Crippen LogP contribution in [0, 0.1) is 5.41 Å². The molecule has 0 saturated carbocycles. The third-order valence-electron chi connectivity index (χ3n) is 4.68. The van der Waals surface area contributed by atoms with Gasteiger partial charge in [0.25, 0.3) is 0 Å². The lowest BCUT2D eigenvalue weighted by molar-refractivity contribution is -0.136. The molecule has 0 radical (unpaired) electrons. The Bertz CT molecular complexity index is 794. The molecule has 2 N–H and O–H groups in total. The number of anilines is 1. The van der Waals surface area contributed by atoms with Crippen LogP contribution in [0.5, 0.6) is 0 Å². The fourth-order valence-electron chi connectivity index (χ4n) is 3.10. The van der Waals surface area contributed by atoms with E-state index < -0.39 is 11.5 Å². The number of carbonyl (C=O) groups is 2. The highest BCUT2D eigenvalue weighted by Crippen LogP contribution is 2.33. The lowest BCUT2D eigenvalue weighted by atomic mass is 9.93. The summed E-state index contributed by atoms with van der Waals surface area (Å²) in [5.41, 5.74) is 2.53. The summed E-state index contributed by atoms with van der Waals surface area (Å²) >= 11 is 5.52. The monoisotopic (exact) mass is 403 g/mol. The Morgan fingerprint density at radius 3 is 2.29 bits per heavy atom. The molecule has 2 rings (SSSR count). The lowest BCUT2D eigenvalue weighted by Crippen LogP contribution is -2.48. The van der Waals surface area contributed by atoms with Gasteiger partial charge in [0.1, 0.15) is 0 Å². The van der Waals surface area contributed by atoms with Gasteiger partial charge in [0.05, 0.1) is 18.7 Å². The Hall–Kier alpha value is -2.41. The van der Waals surface area contributed by atoms with E-state index in [4.69, 9.17) is 17.0 Å². The second-order valence-corrected chi connectivity index (χ2v) is 8.05. The number of nitrogens with zero attached hydrogens (tertiary/aromatic N) is 1. The molecule has 152 valence electrons. The van der Waals surface area contributed by atoms with Crippen molar-refractivity contribution < 1.29 is 14.3 Å². The zero-order chi connectivity index (χ0) is 21.1. The molecule has 28 heavy (non-hydrogen) atoms. The highest BCUT2D eigenvalue weighted by atomic mass is 32.1. The van der Waals surface area contributed by atoms with Crippen LogP contribution in [0.4, 0.5) is 5.69 Å². The van der Waals surface area contributed by atoms with Crippen LogP contribution in [0.1, 0.15) is 52.6 Å². The van der Waals surface area contributed by atoms with E-state index >= 15 is 0 Å². The third-order valence-corrected chi connectivity index (χ3v) is 5.02. The molecule has 0 aromatic heterocycles. The second-order valence-electron chi connectivity index (χ2n) is 7.66. The molecule has 0 aliphatic carbocycles. The third kappa shape index (κ3) is 4.52. The number of hydrogen-bond acceptors (Lipinski definition) is 4. The average Bonchev–Trinajstić information content (AvgIpc) is 2.66. The van der Waals surface area contributed by atoms with Gasteiger partial charge in [-0.1, -0.05) is 39.8 Å². The zero-order valence-corrected chi connectivity index (χ0v) is 18.2. The van der Waals surface area contributed by atoms with Gasteiger partial charge >= 0.3 is 5.97 Å². The number of allylic oxidation sites excluding steroid dienone is 1. The molecule has 1 aromatic carbocycles. The maximum Gasteiger partial charge on any atom is 0.337 e. The van der Waals surface area contributed by atoms with Crippen LogP contribution in [0.25, 0.3) is 0 Å². The number of thiocarbonyl (C=S) groups is 1. The molecule has 1 atom stereocenters. The molecule has 0 spiro atoms. The SMILES string of the molecule is CCC1=C(C(=O)OC)[C@@H](c2ccc(NC(=O)C(C)(C)C)cc2)NC(=S)N1CC. The van der Waals surface area contributed by atoms with Crippen LogP contribution in [-0.4, -0.2) is 35.5 Å². The van der Waals surface area contributed by atoms with Gasteiger partial charge in [-0.25, -0.2) is 4.79 Å². The van der Waals surface area contributed by atoms with Crippen LogP contribution in [0.2, 0.25) is 0 Å². The van der Waals surface area contributed by atoms with E-state index in [1.165, 1.54) is 7.11 Å². The Morgan fingerprint density at radius 1 is 1.21 bits per heavy atom. The first-order chi connectivity index (χ1) is 13.1. The molecule has 0 unspecified atom stereocenters. The van der Waals surface area contributed by atoms with Crippen LogP contribution in [0.15, 0.2) is 35.5 Å². The van der Waals surface area contributed by atoms with Gasteiger partial charge in [-0.2, -0.15) is 0 Å². The summed E-state index contributed by atoms with van der Waals surface area (Å²) in [6, 6.07) is 7.03. The van der Waals surface area contributed by atoms with Crippen molar-refractivity contribution in [3.05, 3.63) is 41.1 Å². The number of esters is 1. The summed E-state index contributed by atoms with van der Waals surface area (Å²) in [5.74, 6) is -0.431. The minimum Gasteiger partial charge on any atom is -0.466 e. The molecular formula is C21H29N3O3S. The van der Waals surface area contributed by atoms with Crippen molar-refractivity contribution in [2.45, 2.75) is 47.1 Å². The van der Waals surface area contributed by atoms with Gasteiger partial charge in [0.15, 0.2) is 5.11 Å². The molecule has 0 saturated heterocycles. The highest BCUT2D eigenvalue weighted by Gasteiger charge is 2.35. The number of ether oxygens (including phenoxy) is 1. The van der Waals surface area contributed by atoms with E-state index in [2.05, 4.69) is 10.6 Å². The van der Waals surface area contributed by atoms with Gasteiger partial charge in [0.2, 0.25) is 5.91 Å². The second kappa shape index (κ2) is 8.73. The number of carbonyl (C=O) groups excluding carboxylic acids is 2. The van der Waals surface area contributed by atoms with Crippen LogP contribution < -0.4 is 10.6 Å². The zero-order valence-electron chi connectivity index (χ0n) is 17.4. The average molecular weight is 404 g/mol. The summed E-state index contributed by atoms with van der Waals surface area (Å²) in [7, 11) is 1.38. The number of benzene rings is 1. The van der Waals surface area contributed by atoms with Crippen molar-refractivity contribution in [2.24, 2.45) is 5.41 Å². The Kier molecular flexibility index (Phi) is 6.82. The standard InChI is InChI=1S/C21H29N3O3S/c1-7-15-16(18(25)27-6)17(23-20(28)24(15)8-2)13-9-11-14(12-10-13)22-19(26)21(3,4)5/h9-12,17H,7-8H2,1-6H3,(H,22,26)(H,23,28)/t17-/m1/s1. The summed E-state index contributed by atoms with van der Waals surface area (Å²) in [4.78, 5) is 26.7. The number of amides is 1. The maximum absolute atomic E-state index is 12.6. The predicted molar refractivity (Wildman–Crippen MR) is 115 cm³/mol. The topological polar surface area (TPSA) is 70.7 Å². The molecule has 1 amide bonds. The highest BCUT2D eigenvalue weighted by molar-refractivity contribution is 7.80. The number of nitrogens with one attached hydrogen (secondary N) is 2. The van der Waals surface area contributed by atoms with Gasteiger partial charge < -0.3 is 20.3 Å².